The lowest BCUT2D eigenvalue weighted by molar-refractivity contribution is 0.101. The van der Waals surface area contributed by atoms with Crippen molar-refractivity contribution in [2.45, 2.75) is 52.0 Å². The Morgan fingerprint density at radius 3 is 2.75 bits per heavy atom. The molecule has 1 N–H and O–H groups in total. The van der Waals surface area contributed by atoms with Gasteiger partial charge in [-0.1, -0.05) is 44.4 Å². The molecule has 1 aromatic rings. The van der Waals surface area contributed by atoms with Crippen LogP contribution in [0.25, 0.3) is 0 Å². The van der Waals surface area contributed by atoms with Crippen molar-refractivity contribution < 1.29 is 4.39 Å². The molecule has 0 aliphatic heterocycles. The zero-order valence-electron chi connectivity index (χ0n) is 12.7. The van der Waals surface area contributed by atoms with Gasteiger partial charge in [0.2, 0.25) is 0 Å². The summed E-state index contributed by atoms with van der Waals surface area (Å²) in [4.78, 5) is 0. The van der Waals surface area contributed by atoms with Gasteiger partial charge in [0.05, 0.1) is 5.02 Å². The largest absolute Gasteiger partial charge is 0.316 e. The fourth-order valence-corrected chi connectivity index (χ4v) is 3.84. The Balaban J connectivity index is 2.13. The minimum atomic E-state index is -0.338. The van der Waals surface area contributed by atoms with Gasteiger partial charge < -0.3 is 5.32 Å². The van der Waals surface area contributed by atoms with E-state index in [2.05, 4.69) is 19.2 Å². The van der Waals surface area contributed by atoms with Crippen molar-refractivity contribution in [2.24, 2.45) is 11.3 Å². The molecule has 1 saturated carbocycles. The molecule has 1 nitrogen and oxygen atoms in total. The lowest BCUT2D eigenvalue weighted by Crippen LogP contribution is -2.44. The van der Waals surface area contributed by atoms with Crippen LogP contribution in [0.4, 0.5) is 4.39 Å². The zero-order chi connectivity index (χ0) is 14.8. The van der Waals surface area contributed by atoms with Gasteiger partial charge in [-0.15, -0.1) is 0 Å². The van der Waals surface area contributed by atoms with E-state index in [1.807, 2.05) is 13.1 Å². The number of likely N-dealkylation sites (N-methyl/N-ethyl adjacent to an activating group) is 1. The molecule has 0 radical (unpaired) electrons. The highest BCUT2D eigenvalue weighted by Crippen LogP contribution is 2.42. The van der Waals surface area contributed by atoms with Gasteiger partial charge in [0.25, 0.3) is 0 Å². The van der Waals surface area contributed by atoms with E-state index < -0.39 is 0 Å². The Bertz CT molecular complexity index is 458. The second-order valence-corrected chi connectivity index (χ2v) is 7.10. The van der Waals surface area contributed by atoms with Gasteiger partial charge in [-0.2, -0.15) is 0 Å². The molecule has 1 fully saturated rings. The predicted molar refractivity (Wildman–Crippen MR) is 83.7 cm³/mol. The van der Waals surface area contributed by atoms with Crippen LogP contribution in [0.3, 0.4) is 0 Å². The van der Waals surface area contributed by atoms with Gasteiger partial charge in [0.1, 0.15) is 5.82 Å². The van der Waals surface area contributed by atoms with Gasteiger partial charge >= 0.3 is 0 Å². The average molecular weight is 298 g/mol. The molecule has 2 atom stereocenters. The summed E-state index contributed by atoms with van der Waals surface area (Å²) in [5.41, 5.74) is 1.48. The molecule has 1 aromatic carbocycles. The Kier molecular flexibility index (Phi) is 5.09. The number of hydrogen-bond acceptors (Lipinski definition) is 1. The van der Waals surface area contributed by atoms with Gasteiger partial charge in [-0.3, -0.25) is 0 Å². The van der Waals surface area contributed by atoms with Gasteiger partial charge in [-0.05, 0) is 55.3 Å². The maximum Gasteiger partial charge on any atom is 0.141 e. The first kappa shape index (κ1) is 15.8. The smallest absolute Gasteiger partial charge is 0.141 e. The normalized spacial score (nSPS) is 23.6. The van der Waals surface area contributed by atoms with E-state index in [4.69, 9.17) is 11.6 Å². The summed E-state index contributed by atoms with van der Waals surface area (Å²) >= 11 is 5.89. The third-order valence-corrected chi connectivity index (χ3v) is 5.18. The van der Waals surface area contributed by atoms with E-state index in [0.29, 0.717) is 17.4 Å². The van der Waals surface area contributed by atoms with Crippen LogP contribution < -0.4 is 5.32 Å². The lowest BCUT2D eigenvalue weighted by atomic mass is 9.65. The van der Waals surface area contributed by atoms with Gasteiger partial charge in [0, 0.05) is 6.04 Å². The molecule has 1 aliphatic rings. The summed E-state index contributed by atoms with van der Waals surface area (Å²) in [6, 6.07) is 5.50. The highest BCUT2D eigenvalue weighted by atomic mass is 35.5. The first-order valence-electron chi connectivity index (χ1n) is 7.55. The lowest BCUT2D eigenvalue weighted by Gasteiger charge is -2.43. The van der Waals surface area contributed by atoms with Crippen LogP contribution in [0.1, 0.15) is 45.1 Å². The molecule has 0 bridgehead atoms. The first-order chi connectivity index (χ1) is 9.44. The van der Waals surface area contributed by atoms with Crippen molar-refractivity contribution in [3.05, 3.63) is 34.6 Å². The van der Waals surface area contributed by atoms with Crippen LogP contribution in [0.5, 0.6) is 0 Å². The quantitative estimate of drug-likeness (QED) is 0.839. The van der Waals surface area contributed by atoms with E-state index in [1.54, 1.807) is 6.07 Å². The molecule has 3 heteroatoms. The van der Waals surface area contributed by atoms with Gasteiger partial charge in [0.15, 0.2) is 0 Å². The molecular weight excluding hydrogens is 273 g/mol. The summed E-state index contributed by atoms with van der Waals surface area (Å²) in [7, 11) is 2.03. The van der Waals surface area contributed by atoms with Crippen molar-refractivity contribution in [1.29, 1.82) is 0 Å². The molecule has 0 saturated heterocycles. The molecule has 20 heavy (non-hydrogen) atoms. The van der Waals surface area contributed by atoms with E-state index in [0.717, 1.165) is 12.0 Å². The molecule has 2 rings (SSSR count). The number of rotatable bonds is 4. The van der Waals surface area contributed by atoms with E-state index in [9.17, 15) is 4.39 Å². The van der Waals surface area contributed by atoms with Crippen molar-refractivity contribution in [1.82, 2.24) is 5.32 Å². The fourth-order valence-electron chi connectivity index (χ4n) is 3.63. The first-order valence-corrected chi connectivity index (χ1v) is 7.93. The second kappa shape index (κ2) is 6.44. The summed E-state index contributed by atoms with van der Waals surface area (Å²) in [5, 5.41) is 3.70. The van der Waals surface area contributed by atoms with Crippen molar-refractivity contribution in [2.75, 3.05) is 7.05 Å². The third kappa shape index (κ3) is 3.53. The number of nitrogens with one attached hydrogen (secondary N) is 1. The highest BCUT2D eigenvalue weighted by molar-refractivity contribution is 6.30. The number of benzene rings is 1. The summed E-state index contributed by atoms with van der Waals surface area (Å²) in [6.07, 6.45) is 6.12. The Labute approximate surface area is 126 Å². The Morgan fingerprint density at radius 2 is 2.15 bits per heavy atom. The average Bonchev–Trinajstić information content (AvgIpc) is 2.40. The van der Waals surface area contributed by atoms with Gasteiger partial charge in [-0.25, -0.2) is 4.39 Å². The summed E-state index contributed by atoms with van der Waals surface area (Å²) in [6.45, 7) is 4.75. The summed E-state index contributed by atoms with van der Waals surface area (Å²) in [5.74, 6) is 0.319. The number of hydrogen-bond donors (Lipinski definition) is 1. The molecule has 112 valence electrons. The molecule has 0 heterocycles. The minimum Gasteiger partial charge on any atom is -0.316 e. The maximum absolute atomic E-state index is 13.2. The monoisotopic (exact) mass is 297 g/mol. The van der Waals surface area contributed by atoms with E-state index >= 15 is 0 Å². The summed E-state index contributed by atoms with van der Waals surface area (Å²) < 4.78 is 13.2. The van der Waals surface area contributed by atoms with Crippen LogP contribution >= 0.6 is 11.6 Å². The second-order valence-electron chi connectivity index (χ2n) is 6.69. The van der Waals surface area contributed by atoms with E-state index in [-0.39, 0.29) is 10.8 Å². The predicted octanol–water partition coefficient (Wildman–Crippen LogP) is 4.83. The number of halogens is 2. The minimum absolute atomic E-state index is 0.222. The molecular formula is C17H25ClFN. The molecule has 1 aliphatic carbocycles. The molecule has 2 unspecified atom stereocenters. The molecule has 0 amide bonds. The van der Waals surface area contributed by atoms with E-state index in [1.165, 1.54) is 31.7 Å². The van der Waals surface area contributed by atoms with Crippen molar-refractivity contribution in [3.8, 4) is 0 Å². The SMILES string of the molecule is CNC(Cc1ccc(F)c(Cl)c1)C1CCCCC1(C)C. The zero-order valence-corrected chi connectivity index (χ0v) is 13.4. The Morgan fingerprint density at radius 1 is 1.40 bits per heavy atom. The fraction of sp³-hybridized carbons (Fsp3) is 0.647. The highest BCUT2D eigenvalue weighted by Gasteiger charge is 2.36. The van der Waals surface area contributed by atoms with Crippen LogP contribution in [-0.2, 0) is 6.42 Å². The van der Waals surface area contributed by atoms with Crippen LogP contribution in [0, 0.1) is 17.2 Å². The molecule has 0 aromatic heterocycles. The molecule has 0 spiro atoms. The van der Waals surface area contributed by atoms with Crippen molar-refractivity contribution in [3.63, 3.8) is 0 Å². The topological polar surface area (TPSA) is 12.0 Å². The maximum atomic E-state index is 13.2. The Hall–Kier alpha value is -0.600. The van der Waals surface area contributed by atoms with Crippen LogP contribution in [0.15, 0.2) is 18.2 Å². The standard InChI is InChI=1S/C17H25ClFN/c1-17(2)9-5-4-6-13(17)16(20-3)11-12-7-8-15(19)14(18)10-12/h7-8,10,13,16,20H,4-6,9,11H2,1-3H3. The third-order valence-electron chi connectivity index (χ3n) is 4.89. The van der Waals surface area contributed by atoms with Crippen molar-refractivity contribution >= 4 is 11.6 Å². The van der Waals surface area contributed by atoms with Crippen LogP contribution in [0.2, 0.25) is 5.02 Å². The van der Waals surface area contributed by atoms with Crippen LogP contribution in [-0.4, -0.2) is 13.1 Å².